The number of hydrogen-bond donors (Lipinski definition) is 2. The first-order valence-electron chi connectivity index (χ1n) is 12.1. The third kappa shape index (κ3) is 3.64. The van der Waals surface area contributed by atoms with Crippen LogP contribution in [-0.2, 0) is 0 Å². The SMILES string of the molecule is O=C(NC1C2CC3CC1CC(O)(C3)C2)c1cccc(N2CCN(c3ccccc3)CC2)n1. The number of nitrogens with zero attached hydrogens (tertiary/aromatic N) is 3. The fraction of sp³-hybridized carbons (Fsp3) is 0.538. The molecule has 1 aliphatic heterocycles. The van der Waals surface area contributed by atoms with Gasteiger partial charge >= 0.3 is 0 Å². The number of amides is 1. The van der Waals surface area contributed by atoms with E-state index in [2.05, 4.69) is 39.4 Å². The van der Waals surface area contributed by atoms with Crippen LogP contribution in [0, 0.1) is 17.8 Å². The van der Waals surface area contributed by atoms with Gasteiger partial charge < -0.3 is 20.2 Å². The summed E-state index contributed by atoms with van der Waals surface area (Å²) in [6, 6.07) is 16.5. The van der Waals surface area contributed by atoms with Crippen LogP contribution in [0.2, 0.25) is 0 Å². The summed E-state index contributed by atoms with van der Waals surface area (Å²) in [6.45, 7) is 3.66. The van der Waals surface area contributed by atoms with Crippen molar-refractivity contribution in [3.05, 3.63) is 54.2 Å². The van der Waals surface area contributed by atoms with E-state index in [0.29, 0.717) is 23.4 Å². The lowest BCUT2D eigenvalue weighted by atomic mass is 9.52. The van der Waals surface area contributed by atoms with Crippen molar-refractivity contribution in [1.29, 1.82) is 0 Å². The third-order valence-electron chi connectivity index (χ3n) is 8.23. The molecule has 2 heterocycles. The van der Waals surface area contributed by atoms with Crippen LogP contribution in [0.3, 0.4) is 0 Å². The Labute approximate surface area is 189 Å². The maximum Gasteiger partial charge on any atom is 0.270 e. The van der Waals surface area contributed by atoms with Gasteiger partial charge in [0.15, 0.2) is 0 Å². The van der Waals surface area contributed by atoms with Gasteiger partial charge in [0.2, 0.25) is 0 Å². The number of aromatic nitrogens is 1. The van der Waals surface area contributed by atoms with E-state index in [0.717, 1.165) is 64.1 Å². The molecule has 2 N–H and O–H groups in total. The van der Waals surface area contributed by atoms with E-state index in [1.165, 1.54) is 5.69 Å². The maximum absolute atomic E-state index is 13.1. The van der Waals surface area contributed by atoms with Gasteiger partial charge in [0.1, 0.15) is 11.5 Å². The summed E-state index contributed by atoms with van der Waals surface area (Å²) in [5.41, 5.74) is 1.28. The van der Waals surface area contributed by atoms with E-state index in [1.54, 1.807) is 0 Å². The van der Waals surface area contributed by atoms with Crippen molar-refractivity contribution in [3.8, 4) is 0 Å². The summed E-state index contributed by atoms with van der Waals surface area (Å²) in [5, 5.41) is 14.1. The first-order chi connectivity index (χ1) is 15.6. The quantitative estimate of drug-likeness (QED) is 0.777. The highest BCUT2D eigenvalue weighted by Crippen LogP contribution is 2.55. The Hall–Kier alpha value is -2.60. The second-order valence-corrected chi connectivity index (χ2v) is 10.4. The van der Waals surface area contributed by atoms with E-state index in [4.69, 9.17) is 4.98 Å². The molecule has 7 rings (SSSR count). The number of piperazine rings is 1. The number of rotatable bonds is 4. The average molecular weight is 433 g/mol. The van der Waals surface area contributed by atoms with Crippen molar-refractivity contribution >= 4 is 17.4 Å². The lowest BCUT2D eigenvalue weighted by molar-refractivity contribution is -0.136. The highest BCUT2D eigenvalue weighted by molar-refractivity contribution is 5.93. The Bertz CT molecular complexity index is 972. The molecule has 1 aromatic carbocycles. The molecular weight excluding hydrogens is 400 g/mol. The van der Waals surface area contributed by atoms with Gasteiger partial charge in [-0.2, -0.15) is 0 Å². The minimum atomic E-state index is -0.474. The number of pyridine rings is 1. The van der Waals surface area contributed by atoms with E-state index in [-0.39, 0.29) is 11.9 Å². The van der Waals surface area contributed by atoms with Crippen LogP contribution in [0.5, 0.6) is 0 Å². The number of carbonyl (C=O) groups is 1. The van der Waals surface area contributed by atoms with Crippen molar-refractivity contribution in [2.45, 2.75) is 43.7 Å². The summed E-state index contributed by atoms with van der Waals surface area (Å²) in [4.78, 5) is 22.5. The monoisotopic (exact) mass is 432 g/mol. The molecule has 2 aromatic rings. The lowest BCUT2D eigenvalue weighted by Crippen LogP contribution is -2.61. The highest BCUT2D eigenvalue weighted by Gasteiger charge is 2.55. The van der Waals surface area contributed by atoms with Crippen molar-refractivity contribution in [1.82, 2.24) is 10.3 Å². The second kappa shape index (κ2) is 7.77. The number of anilines is 2. The summed E-state index contributed by atoms with van der Waals surface area (Å²) in [7, 11) is 0. The minimum absolute atomic E-state index is 0.0702. The van der Waals surface area contributed by atoms with Crippen molar-refractivity contribution < 1.29 is 9.90 Å². The summed E-state index contributed by atoms with van der Waals surface area (Å²) in [6.07, 6.45) is 4.92. The topological polar surface area (TPSA) is 68.7 Å². The molecule has 32 heavy (non-hydrogen) atoms. The van der Waals surface area contributed by atoms with Crippen molar-refractivity contribution in [3.63, 3.8) is 0 Å². The molecule has 6 heteroatoms. The van der Waals surface area contributed by atoms with Crippen LogP contribution >= 0.6 is 0 Å². The van der Waals surface area contributed by atoms with Gasteiger partial charge in [0.25, 0.3) is 5.91 Å². The number of carbonyl (C=O) groups excluding carboxylic acids is 1. The van der Waals surface area contributed by atoms with Gasteiger partial charge in [-0.3, -0.25) is 4.79 Å². The molecule has 4 saturated carbocycles. The number of para-hydroxylation sites is 1. The predicted molar refractivity (Wildman–Crippen MR) is 125 cm³/mol. The fourth-order valence-electron chi connectivity index (χ4n) is 7.00. The smallest absolute Gasteiger partial charge is 0.270 e. The molecule has 4 bridgehead atoms. The zero-order chi connectivity index (χ0) is 21.7. The van der Waals surface area contributed by atoms with Crippen LogP contribution < -0.4 is 15.1 Å². The molecule has 5 fully saturated rings. The Morgan fingerprint density at radius 2 is 1.59 bits per heavy atom. The summed E-state index contributed by atoms with van der Waals surface area (Å²) in [5.74, 6) is 2.26. The second-order valence-electron chi connectivity index (χ2n) is 10.4. The molecule has 2 atom stereocenters. The molecule has 1 aromatic heterocycles. The number of nitrogens with one attached hydrogen (secondary N) is 1. The molecule has 6 nitrogen and oxygen atoms in total. The molecule has 2 unspecified atom stereocenters. The first kappa shape index (κ1) is 20.0. The molecule has 0 spiro atoms. The van der Waals surface area contributed by atoms with Crippen molar-refractivity contribution in [2.24, 2.45) is 17.8 Å². The molecule has 168 valence electrons. The van der Waals surface area contributed by atoms with Crippen LogP contribution in [0.1, 0.15) is 42.6 Å². The minimum Gasteiger partial charge on any atom is -0.390 e. The molecule has 1 amide bonds. The van der Waals surface area contributed by atoms with Crippen molar-refractivity contribution in [2.75, 3.05) is 36.0 Å². The predicted octanol–water partition coefficient (Wildman–Crippen LogP) is 3.08. The summed E-state index contributed by atoms with van der Waals surface area (Å²) >= 11 is 0. The normalized spacial score (nSPS) is 33.4. The van der Waals surface area contributed by atoms with Crippen LogP contribution in [0.4, 0.5) is 11.5 Å². The average Bonchev–Trinajstić information content (AvgIpc) is 2.81. The molecular formula is C26H32N4O2. The van der Waals surface area contributed by atoms with Gasteiger partial charge in [-0.05, 0) is 74.1 Å². The van der Waals surface area contributed by atoms with Gasteiger partial charge in [-0.15, -0.1) is 0 Å². The van der Waals surface area contributed by atoms with Gasteiger partial charge in [-0.25, -0.2) is 4.98 Å². The maximum atomic E-state index is 13.1. The van der Waals surface area contributed by atoms with Crippen LogP contribution in [0.25, 0.3) is 0 Å². The number of aliphatic hydroxyl groups is 1. The Morgan fingerprint density at radius 3 is 2.28 bits per heavy atom. The van der Waals surface area contributed by atoms with E-state index in [9.17, 15) is 9.90 Å². The molecule has 5 aliphatic rings. The van der Waals surface area contributed by atoms with Gasteiger partial charge in [-0.1, -0.05) is 24.3 Å². The zero-order valence-electron chi connectivity index (χ0n) is 18.5. The largest absolute Gasteiger partial charge is 0.390 e. The zero-order valence-corrected chi connectivity index (χ0v) is 18.5. The molecule has 4 aliphatic carbocycles. The number of benzene rings is 1. The Balaban J connectivity index is 1.11. The van der Waals surface area contributed by atoms with E-state index >= 15 is 0 Å². The Kier molecular flexibility index (Phi) is 4.86. The lowest BCUT2D eigenvalue weighted by Gasteiger charge is -2.58. The highest BCUT2D eigenvalue weighted by atomic mass is 16.3. The van der Waals surface area contributed by atoms with Crippen LogP contribution in [-0.4, -0.2) is 53.8 Å². The first-order valence-corrected chi connectivity index (χ1v) is 12.1. The van der Waals surface area contributed by atoms with Gasteiger partial charge in [0.05, 0.1) is 5.60 Å². The summed E-state index contributed by atoms with van der Waals surface area (Å²) < 4.78 is 0. The third-order valence-corrected chi connectivity index (χ3v) is 8.23. The molecule has 1 saturated heterocycles. The standard InChI is InChI=1S/C26H32N4O2/c31-25(28-24-19-13-18-14-20(24)17-26(32,15-18)16-19)22-7-4-8-23(27-22)30-11-9-29(10-12-30)21-5-2-1-3-6-21/h1-8,18-20,24,32H,9-17H2,(H,28,31). The Morgan fingerprint density at radius 1 is 0.906 bits per heavy atom. The van der Waals surface area contributed by atoms with Gasteiger partial charge in [0, 0.05) is 37.9 Å². The van der Waals surface area contributed by atoms with Crippen LogP contribution in [0.15, 0.2) is 48.5 Å². The number of hydrogen-bond acceptors (Lipinski definition) is 5. The van der Waals surface area contributed by atoms with E-state index in [1.807, 2.05) is 24.3 Å². The van der Waals surface area contributed by atoms with E-state index < -0.39 is 5.60 Å². The fourth-order valence-corrected chi connectivity index (χ4v) is 7.00. The molecule has 0 radical (unpaired) electrons.